The molecule has 5 aliphatic rings. The highest BCUT2D eigenvalue weighted by atomic mass is 16.5. The average Bonchev–Trinajstić information content (AvgIpc) is 2.36. The van der Waals surface area contributed by atoms with Gasteiger partial charge < -0.3 is 10.1 Å². The second-order valence-corrected chi connectivity index (χ2v) is 7.70. The topological polar surface area (TPSA) is 21.3 Å². The highest BCUT2D eigenvalue weighted by Gasteiger charge is 2.51. The maximum absolute atomic E-state index is 6.31. The van der Waals surface area contributed by atoms with Crippen LogP contribution in [0.15, 0.2) is 0 Å². The Labute approximate surface area is 111 Å². The maximum Gasteiger partial charge on any atom is 0.0700 e. The van der Waals surface area contributed by atoms with E-state index in [0.29, 0.717) is 11.5 Å². The van der Waals surface area contributed by atoms with E-state index in [1.54, 1.807) is 19.3 Å². The van der Waals surface area contributed by atoms with E-state index in [1.807, 2.05) is 0 Å². The largest absolute Gasteiger partial charge is 0.376 e. The Bertz CT molecular complexity index is 273. The summed E-state index contributed by atoms with van der Waals surface area (Å²) in [6, 6.07) is 0. The van der Waals surface area contributed by atoms with Crippen LogP contribution in [0.1, 0.15) is 51.4 Å². The predicted octanol–water partition coefficient (Wildman–Crippen LogP) is 2.97. The van der Waals surface area contributed by atoms with Crippen LogP contribution in [0.5, 0.6) is 0 Å². The van der Waals surface area contributed by atoms with Crippen molar-refractivity contribution in [2.24, 2.45) is 23.2 Å². The molecule has 1 unspecified atom stereocenters. The summed E-state index contributed by atoms with van der Waals surface area (Å²) in [5.74, 6) is 3.18. The molecular weight excluding hydrogens is 222 g/mol. The third-order valence-corrected chi connectivity index (χ3v) is 6.04. The second kappa shape index (κ2) is 4.49. The molecular formula is C16H27NO. The standard InChI is InChI=1S/C16H27NO/c1-2-15(10-17-3-1)18-11-16-7-12-4-13(8-16)6-14(5-12)9-16/h12-15,17H,1-11H2. The minimum atomic E-state index is 0.506. The Balaban J connectivity index is 1.38. The van der Waals surface area contributed by atoms with E-state index in [1.165, 1.54) is 38.6 Å². The van der Waals surface area contributed by atoms with Crippen LogP contribution in [0.3, 0.4) is 0 Å². The van der Waals surface area contributed by atoms with Gasteiger partial charge in [0.1, 0.15) is 0 Å². The third-order valence-electron chi connectivity index (χ3n) is 6.04. The van der Waals surface area contributed by atoms with Gasteiger partial charge >= 0.3 is 0 Å². The maximum atomic E-state index is 6.31. The van der Waals surface area contributed by atoms with Gasteiger partial charge in [0.25, 0.3) is 0 Å². The molecule has 4 saturated carbocycles. The van der Waals surface area contributed by atoms with E-state index in [2.05, 4.69) is 5.32 Å². The molecule has 1 atom stereocenters. The number of hydrogen-bond acceptors (Lipinski definition) is 2. The molecule has 1 heterocycles. The molecule has 2 heteroatoms. The quantitative estimate of drug-likeness (QED) is 0.830. The van der Waals surface area contributed by atoms with Crippen LogP contribution in [0, 0.1) is 23.2 Å². The number of rotatable bonds is 3. The van der Waals surface area contributed by atoms with Crippen LogP contribution < -0.4 is 5.32 Å². The van der Waals surface area contributed by atoms with Crippen LogP contribution in [-0.2, 0) is 4.74 Å². The van der Waals surface area contributed by atoms with E-state index < -0.39 is 0 Å². The van der Waals surface area contributed by atoms with Crippen molar-refractivity contribution in [3.05, 3.63) is 0 Å². The normalized spacial score (nSPS) is 50.7. The van der Waals surface area contributed by atoms with E-state index >= 15 is 0 Å². The van der Waals surface area contributed by atoms with Crippen LogP contribution in [0.2, 0.25) is 0 Å². The zero-order valence-corrected chi connectivity index (χ0v) is 11.5. The van der Waals surface area contributed by atoms with Crippen LogP contribution in [0.4, 0.5) is 0 Å². The van der Waals surface area contributed by atoms with Crippen molar-refractivity contribution in [1.29, 1.82) is 0 Å². The molecule has 0 spiro atoms. The van der Waals surface area contributed by atoms with E-state index in [0.717, 1.165) is 30.9 Å². The Morgan fingerprint density at radius 3 is 2.22 bits per heavy atom. The molecule has 0 amide bonds. The molecule has 4 bridgehead atoms. The molecule has 4 aliphatic carbocycles. The predicted molar refractivity (Wildman–Crippen MR) is 72.4 cm³/mol. The van der Waals surface area contributed by atoms with Gasteiger partial charge in [-0.25, -0.2) is 0 Å². The smallest absolute Gasteiger partial charge is 0.0700 e. The summed E-state index contributed by atoms with van der Waals surface area (Å²) in [6.45, 7) is 3.35. The lowest BCUT2D eigenvalue weighted by Crippen LogP contribution is -2.49. The zero-order valence-electron chi connectivity index (χ0n) is 11.5. The summed E-state index contributed by atoms with van der Waals surface area (Å²) in [5, 5.41) is 3.47. The van der Waals surface area contributed by atoms with Crippen molar-refractivity contribution in [3.8, 4) is 0 Å². The lowest BCUT2D eigenvalue weighted by atomic mass is 9.50. The van der Waals surface area contributed by atoms with Crippen molar-refractivity contribution in [1.82, 2.24) is 5.32 Å². The molecule has 0 aromatic rings. The van der Waals surface area contributed by atoms with Crippen LogP contribution in [-0.4, -0.2) is 25.8 Å². The molecule has 102 valence electrons. The number of nitrogens with one attached hydrogen (secondary N) is 1. The van der Waals surface area contributed by atoms with Gasteiger partial charge in [0.2, 0.25) is 0 Å². The summed E-state index contributed by atoms with van der Waals surface area (Å²) in [5.41, 5.74) is 0.603. The molecule has 0 aromatic carbocycles. The first-order valence-electron chi connectivity index (χ1n) is 8.14. The van der Waals surface area contributed by atoms with Crippen molar-refractivity contribution in [3.63, 3.8) is 0 Å². The number of piperidine rings is 1. The highest BCUT2D eigenvalue weighted by molar-refractivity contribution is 5.01. The summed E-state index contributed by atoms with van der Waals surface area (Å²) in [6.07, 6.45) is 12.2. The first-order chi connectivity index (χ1) is 8.81. The van der Waals surface area contributed by atoms with E-state index in [9.17, 15) is 0 Å². The van der Waals surface area contributed by atoms with Gasteiger partial charge in [0.05, 0.1) is 12.7 Å². The Morgan fingerprint density at radius 1 is 1.00 bits per heavy atom. The zero-order chi connectivity index (χ0) is 12.0. The average molecular weight is 249 g/mol. The first-order valence-corrected chi connectivity index (χ1v) is 8.14. The van der Waals surface area contributed by atoms with Crippen LogP contribution in [0.25, 0.3) is 0 Å². The van der Waals surface area contributed by atoms with E-state index in [4.69, 9.17) is 4.74 Å². The van der Waals surface area contributed by atoms with Crippen molar-refractivity contribution < 1.29 is 4.74 Å². The SMILES string of the molecule is C1CNCC(OCC23CC4CC(CC(C4)C2)C3)C1. The summed E-state index contributed by atoms with van der Waals surface area (Å²) < 4.78 is 6.31. The Hall–Kier alpha value is -0.0800. The van der Waals surface area contributed by atoms with Crippen molar-refractivity contribution >= 4 is 0 Å². The molecule has 2 nitrogen and oxygen atoms in total. The van der Waals surface area contributed by atoms with Crippen molar-refractivity contribution in [2.45, 2.75) is 57.5 Å². The monoisotopic (exact) mass is 249 g/mol. The van der Waals surface area contributed by atoms with Gasteiger partial charge in [0, 0.05) is 6.54 Å². The lowest BCUT2D eigenvalue weighted by Gasteiger charge is -2.57. The van der Waals surface area contributed by atoms with Gasteiger partial charge in [0.15, 0.2) is 0 Å². The van der Waals surface area contributed by atoms with E-state index in [-0.39, 0.29) is 0 Å². The minimum Gasteiger partial charge on any atom is -0.376 e. The Morgan fingerprint density at radius 2 is 1.67 bits per heavy atom. The fourth-order valence-corrected chi connectivity index (χ4v) is 5.72. The fraction of sp³-hybridized carbons (Fsp3) is 1.00. The summed E-state index contributed by atoms with van der Waals surface area (Å²) in [7, 11) is 0. The molecule has 1 aliphatic heterocycles. The molecule has 0 radical (unpaired) electrons. The number of ether oxygens (including phenoxy) is 1. The fourth-order valence-electron chi connectivity index (χ4n) is 5.72. The van der Waals surface area contributed by atoms with Gasteiger partial charge in [-0.1, -0.05) is 0 Å². The molecule has 5 fully saturated rings. The Kier molecular flexibility index (Phi) is 2.92. The third kappa shape index (κ3) is 2.12. The first kappa shape index (κ1) is 11.7. The summed E-state index contributed by atoms with van der Waals surface area (Å²) >= 11 is 0. The van der Waals surface area contributed by atoms with Crippen LogP contribution >= 0.6 is 0 Å². The molecule has 5 rings (SSSR count). The molecule has 18 heavy (non-hydrogen) atoms. The van der Waals surface area contributed by atoms with Gasteiger partial charge in [-0.3, -0.25) is 0 Å². The number of hydrogen-bond donors (Lipinski definition) is 1. The highest BCUT2D eigenvalue weighted by Crippen LogP contribution is 2.60. The summed E-state index contributed by atoms with van der Waals surface area (Å²) in [4.78, 5) is 0. The molecule has 0 aromatic heterocycles. The lowest BCUT2D eigenvalue weighted by molar-refractivity contribution is -0.114. The van der Waals surface area contributed by atoms with Gasteiger partial charge in [-0.15, -0.1) is 0 Å². The van der Waals surface area contributed by atoms with Gasteiger partial charge in [-0.05, 0) is 81.1 Å². The van der Waals surface area contributed by atoms with Gasteiger partial charge in [-0.2, -0.15) is 0 Å². The molecule has 1 N–H and O–H groups in total. The second-order valence-electron chi connectivity index (χ2n) is 7.70. The molecule has 1 saturated heterocycles. The minimum absolute atomic E-state index is 0.506. The van der Waals surface area contributed by atoms with Crippen molar-refractivity contribution in [2.75, 3.05) is 19.7 Å².